The third kappa shape index (κ3) is 2.94. The Labute approximate surface area is 125 Å². The summed E-state index contributed by atoms with van der Waals surface area (Å²) >= 11 is 19.9. The molecular formula is C13H10Cl3NS. The van der Waals surface area contributed by atoms with Crippen molar-refractivity contribution in [1.82, 2.24) is 4.98 Å². The first-order chi connectivity index (χ1) is 8.49. The zero-order valence-corrected chi connectivity index (χ0v) is 12.9. The highest BCUT2D eigenvalue weighted by Gasteiger charge is 2.14. The Bertz CT molecular complexity index is 556. The van der Waals surface area contributed by atoms with Crippen molar-refractivity contribution in [2.45, 2.75) is 23.6 Å². The lowest BCUT2D eigenvalue weighted by atomic mass is 10.3. The third-order valence-electron chi connectivity index (χ3n) is 2.40. The molecular weight excluding hydrogens is 309 g/mol. The zero-order chi connectivity index (χ0) is 13.3. The van der Waals surface area contributed by atoms with Gasteiger partial charge < -0.3 is 0 Å². The second kappa shape index (κ2) is 5.70. The molecule has 0 atom stereocenters. The highest BCUT2D eigenvalue weighted by molar-refractivity contribution is 7.99. The van der Waals surface area contributed by atoms with Crippen LogP contribution in [0.4, 0.5) is 0 Å². The Kier molecular flexibility index (Phi) is 4.44. The zero-order valence-electron chi connectivity index (χ0n) is 9.80. The van der Waals surface area contributed by atoms with Crippen molar-refractivity contribution in [3.05, 3.63) is 50.7 Å². The number of hydrogen-bond acceptors (Lipinski definition) is 2. The summed E-state index contributed by atoms with van der Waals surface area (Å²) in [6.45, 7) is 3.75. The van der Waals surface area contributed by atoms with Gasteiger partial charge in [-0.2, -0.15) is 0 Å². The minimum Gasteiger partial charge on any atom is -0.255 e. The van der Waals surface area contributed by atoms with Gasteiger partial charge in [0.1, 0.15) is 0 Å². The SMILES string of the molecule is Cc1nc(C)c(Cl)c(Sc2ccc(Cl)cc2)c1Cl. The first-order valence-electron chi connectivity index (χ1n) is 5.24. The quantitative estimate of drug-likeness (QED) is 0.693. The molecule has 0 radical (unpaired) electrons. The van der Waals surface area contributed by atoms with Crippen LogP contribution in [0, 0.1) is 13.8 Å². The van der Waals surface area contributed by atoms with Crippen LogP contribution >= 0.6 is 46.6 Å². The Morgan fingerprint density at radius 2 is 1.39 bits per heavy atom. The summed E-state index contributed by atoms with van der Waals surface area (Å²) < 4.78 is 0. The Hall–Kier alpha value is -0.410. The first-order valence-corrected chi connectivity index (χ1v) is 7.19. The van der Waals surface area contributed by atoms with E-state index < -0.39 is 0 Å². The molecule has 1 nitrogen and oxygen atoms in total. The number of aryl methyl sites for hydroxylation is 2. The van der Waals surface area contributed by atoms with Crippen molar-refractivity contribution in [3.63, 3.8) is 0 Å². The standard InChI is InChI=1S/C13H10Cl3NS/c1-7-11(15)13(12(16)8(2)17-7)18-10-5-3-9(14)4-6-10/h3-6H,1-2H3. The molecule has 1 aromatic carbocycles. The number of rotatable bonds is 2. The number of halogens is 3. The van der Waals surface area contributed by atoms with Crippen LogP contribution in [0.3, 0.4) is 0 Å². The van der Waals surface area contributed by atoms with Crippen LogP contribution in [0.5, 0.6) is 0 Å². The van der Waals surface area contributed by atoms with Crippen LogP contribution in [-0.2, 0) is 0 Å². The van der Waals surface area contributed by atoms with E-state index in [0.717, 1.165) is 21.2 Å². The smallest absolute Gasteiger partial charge is 0.0773 e. The lowest BCUT2D eigenvalue weighted by molar-refractivity contribution is 1.09. The van der Waals surface area contributed by atoms with Crippen molar-refractivity contribution >= 4 is 46.6 Å². The van der Waals surface area contributed by atoms with E-state index in [4.69, 9.17) is 34.8 Å². The van der Waals surface area contributed by atoms with E-state index in [9.17, 15) is 0 Å². The Morgan fingerprint density at radius 3 is 1.89 bits per heavy atom. The molecule has 0 aliphatic carbocycles. The summed E-state index contributed by atoms with van der Waals surface area (Å²) in [5.41, 5.74) is 1.57. The van der Waals surface area contributed by atoms with Crippen LogP contribution in [0.15, 0.2) is 34.1 Å². The van der Waals surface area contributed by atoms with Gasteiger partial charge in [-0.1, -0.05) is 46.6 Å². The molecule has 0 saturated carbocycles. The maximum atomic E-state index is 6.26. The molecule has 1 aromatic heterocycles. The summed E-state index contributed by atoms with van der Waals surface area (Å²) in [6, 6.07) is 7.55. The van der Waals surface area contributed by atoms with Gasteiger partial charge in [0.15, 0.2) is 0 Å². The number of hydrogen-bond donors (Lipinski definition) is 0. The largest absolute Gasteiger partial charge is 0.255 e. The molecule has 5 heteroatoms. The summed E-state index contributed by atoms with van der Waals surface area (Å²) in [7, 11) is 0. The predicted molar refractivity (Wildman–Crippen MR) is 79.3 cm³/mol. The molecule has 18 heavy (non-hydrogen) atoms. The second-order valence-corrected chi connectivity index (χ2v) is 6.07. The van der Waals surface area contributed by atoms with E-state index in [1.54, 1.807) is 0 Å². The first kappa shape index (κ1) is 14.0. The van der Waals surface area contributed by atoms with Crippen LogP contribution < -0.4 is 0 Å². The lowest BCUT2D eigenvalue weighted by Gasteiger charge is -2.10. The van der Waals surface area contributed by atoms with Gasteiger partial charge in [0.2, 0.25) is 0 Å². The fraction of sp³-hybridized carbons (Fsp3) is 0.154. The van der Waals surface area contributed by atoms with E-state index >= 15 is 0 Å². The summed E-state index contributed by atoms with van der Waals surface area (Å²) in [5, 5.41) is 1.91. The summed E-state index contributed by atoms with van der Waals surface area (Å²) in [6.07, 6.45) is 0. The maximum absolute atomic E-state index is 6.26. The van der Waals surface area contributed by atoms with Crippen molar-refractivity contribution in [1.29, 1.82) is 0 Å². The minimum absolute atomic E-state index is 0.602. The third-order valence-corrected chi connectivity index (χ3v) is 4.92. The molecule has 2 rings (SSSR count). The van der Waals surface area contributed by atoms with Gasteiger partial charge in [0.05, 0.1) is 26.3 Å². The topological polar surface area (TPSA) is 12.9 Å². The van der Waals surface area contributed by atoms with Crippen LogP contribution in [0.25, 0.3) is 0 Å². The van der Waals surface area contributed by atoms with Gasteiger partial charge >= 0.3 is 0 Å². The average molecular weight is 319 g/mol. The maximum Gasteiger partial charge on any atom is 0.0773 e. The van der Waals surface area contributed by atoms with Crippen molar-refractivity contribution in [2.24, 2.45) is 0 Å². The normalized spacial score (nSPS) is 10.7. The van der Waals surface area contributed by atoms with Gasteiger partial charge in [-0.3, -0.25) is 4.98 Å². The fourth-order valence-electron chi connectivity index (χ4n) is 1.48. The molecule has 0 N–H and O–H groups in total. The molecule has 0 spiro atoms. The Morgan fingerprint density at radius 1 is 0.889 bits per heavy atom. The molecule has 0 aliphatic rings. The molecule has 0 saturated heterocycles. The minimum atomic E-state index is 0.602. The van der Waals surface area contributed by atoms with Crippen LogP contribution in [-0.4, -0.2) is 4.98 Å². The van der Waals surface area contributed by atoms with Crippen molar-refractivity contribution in [3.8, 4) is 0 Å². The predicted octanol–water partition coefficient (Wildman–Crippen LogP) is 5.81. The van der Waals surface area contributed by atoms with Gasteiger partial charge in [-0.15, -0.1) is 0 Å². The molecule has 0 amide bonds. The molecule has 0 fully saturated rings. The molecule has 0 bridgehead atoms. The van der Waals surface area contributed by atoms with Crippen LogP contribution in [0.2, 0.25) is 15.1 Å². The number of nitrogens with zero attached hydrogens (tertiary/aromatic N) is 1. The van der Waals surface area contributed by atoms with Gasteiger partial charge in [0.25, 0.3) is 0 Å². The van der Waals surface area contributed by atoms with Gasteiger partial charge in [-0.25, -0.2) is 0 Å². The molecule has 94 valence electrons. The monoisotopic (exact) mass is 317 g/mol. The highest BCUT2D eigenvalue weighted by Crippen LogP contribution is 2.40. The van der Waals surface area contributed by atoms with Gasteiger partial charge in [-0.05, 0) is 38.1 Å². The second-order valence-electron chi connectivity index (χ2n) is 3.80. The van der Waals surface area contributed by atoms with E-state index in [1.807, 2.05) is 38.1 Å². The van der Waals surface area contributed by atoms with Crippen LogP contribution in [0.1, 0.15) is 11.4 Å². The number of aromatic nitrogens is 1. The number of benzene rings is 1. The molecule has 1 heterocycles. The van der Waals surface area contributed by atoms with Crippen molar-refractivity contribution < 1.29 is 0 Å². The van der Waals surface area contributed by atoms with Crippen molar-refractivity contribution in [2.75, 3.05) is 0 Å². The summed E-state index contributed by atoms with van der Waals surface area (Å²) in [5.74, 6) is 0. The molecule has 0 unspecified atom stereocenters. The van der Waals surface area contributed by atoms with Gasteiger partial charge in [0, 0.05) is 9.92 Å². The van der Waals surface area contributed by atoms with E-state index in [1.165, 1.54) is 11.8 Å². The van der Waals surface area contributed by atoms with E-state index in [-0.39, 0.29) is 0 Å². The van der Waals surface area contributed by atoms with E-state index in [2.05, 4.69) is 4.98 Å². The summed E-state index contributed by atoms with van der Waals surface area (Å²) in [4.78, 5) is 6.16. The highest BCUT2D eigenvalue weighted by atomic mass is 35.5. The average Bonchev–Trinajstić information content (AvgIpc) is 2.34. The lowest BCUT2D eigenvalue weighted by Crippen LogP contribution is -1.92. The Balaban J connectivity index is 2.42. The molecule has 0 aliphatic heterocycles. The fourth-order valence-corrected chi connectivity index (χ4v) is 3.15. The molecule has 2 aromatic rings. The number of pyridine rings is 1. The van der Waals surface area contributed by atoms with E-state index in [0.29, 0.717) is 15.1 Å².